The van der Waals surface area contributed by atoms with Gasteiger partial charge in [0.1, 0.15) is 12.5 Å². The Morgan fingerprint density at radius 2 is 1.34 bits per heavy atom. The second-order valence-corrected chi connectivity index (χ2v) is 8.29. The highest BCUT2D eigenvalue weighted by Crippen LogP contribution is 2.08. The number of aliphatic carboxylic acids is 4. The van der Waals surface area contributed by atoms with Crippen LogP contribution in [0.2, 0.25) is 0 Å². The van der Waals surface area contributed by atoms with Gasteiger partial charge >= 0.3 is 23.9 Å². The minimum Gasteiger partial charge on any atom is -0.481 e. The Morgan fingerprint density at radius 3 is 1.76 bits per heavy atom. The van der Waals surface area contributed by atoms with Gasteiger partial charge in [-0.2, -0.15) is 0 Å². The Balaban J connectivity index is 0. The average Bonchev–Trinajstić information content (AvgIpc) is 3.28. The zero-order valence-corrected chi connectivity index (χ0v) is 22.0. The van der Waals surface area contributed by atoms with Crippen LogP contribution in [0, 0.1) is 0 Å². The minimum atomic E-state index is -1.71. The number of rotatable bonds is 17. The molecule has 11 heteroatoms. The maximum Gasteiger partial charge on any atom is 0.372 e. The molecule has 0 saturated carbocycles. The monoisotopic (exact) mass is 539 g/mol. The number of carboxylic acids is 4. The third-order valence-electron chi connectivity index (χ3n) is 4.89. The number of carbonyl (C=O) groups is 6. The van der Waals surface area contributed by atoms with Gasteiger partial charge in [0.15, 0.2) is 0 Å². The molecular weight excluding hydrogens is 498 g/mol. The highest BCUT2D eigenvalue weighted by atomic mass is 16.4. The molecule has 0 aromatic heterocycles. The predicted molar refractivity (Wildman–Crippen MR) is 141 cm³/mol. The molecule has 0 bridgehead atoms. The lowest BCUT2D eigenvalue weighted by Gasteiger charge is -1.99. The number of carboxylic acid groups (broad SMARTS) is 4. The van der Waals surface area contributed by atoms with Crippen LogP contribution in [0.5, 0.6) is 0 Å². The van der Waals surface area contributed by atoms with Crippen molar-refractivity contribution >= 4 is 35.6 Å². The first-order chi connectivity index (χ1) is 18.0. The summed E-state index contributed by atoms with van der Waals surface area (Å²) in [7, 11) is 0. The summed E-state index contributed by atoms with van der Waals surface area (Å²) in [6, 6.07) is -0.641. The summed E-state index contributed by atoms with van der Waals surface area (Å²) in [6.45, 7) is 2.15. The van der Waals surface area contributed by atoms with Crippen molar-refractivity contribution in [1.29, 1.82) is 0 Å². The van der Waals surface area contributed by atoms with Crippen LogP contribution in [0.3, 0.4) is 0 Å². The van der Waals surface area contributed by atoms with E-state index in [-0.39, 0.29) is 5.91 Å². The summed E-state index contributed by atoms with van der Waals surface area (Å²) in [5.74, 6) is -6.23. The summed E-state index contributed by atoms with van der Waals surface area (Å²) in [4.78, 5) is 60.1. The lowest BCUT2D eigenvalue weighted by atomic mass is 10.1. The maximum atomic E-state index is 10.4. The van der Waals surface area contributed by atoms with Crippen molar-refractivity contribution in [3.8, 4) is 0 Å². The van der Waals surface area contributed by atoms with Crippen LogP contribution in [-0.4, -0.2) is 62.0 Å². The number of carbonyl (C=O) groups excluding carboxylic acids is 2. The molecule has 5 N–H and O–H groups in total. The van der Waals surface area contributed by atoms with Gasteiger partial charge in [-0.25, -0.2) is 9.59 Å². The minimum absolute atomic E-state index is 0.164. The van der Waals surface area contributed by atoms with Crippen LogP contribution in [0.4, 0.5) is 0 Å². The largest absolute Gasteiger partial charge is 0.481 e. The van der Waals surface area contributed by atoms with E-state index in [0.29, 0.717) is 19.3 Å². The first-order valence-corrected chi connectivity index (χ1v) is 12.7. The maximum absolute atomic E-state index is 10.4. The second-order valence-electron chi connectivity index (χ2n) is 8.29. The van der Waals surface area contributed by atoms with Crippen molar-refractivity contribution in [3.63, 3.8) is 0 Å². The van der Waals surface area contributed by atoms with Gasteiger partial charge in [-0.3, -0.25) is 19.2 Å². The molecule has 1 saturated heterocycles. The predicted octanol–water partition coefficient (Wildman–Crippen LogP) is 4.12. The van der Waals surface area contributed by atoms with Crippen LogP contribution in [-0.2, 0) is 28.8 Å². The van der Waals surface area contributed by atoms with Gasteiger partial charge < -0.3 is 25.7 Å². The molecule has 0 radical (unpaired) electrons. The lowest BCUT2D eigenvalue weighted by molar-refractivity contribution is -0.152. The van der Waals surface area contributed by atoms with Crippen LogP contribution in [0.25, 0.3) is 0 Å². The number of hydrogen-bond donors (Lipinski definition) is 5. The van der Waals surface area contributed by atoms with E-state index in [0.717, 1.165) is 44.9 Å². The summed E-state index contributed by atoms with van der Waals surface area (Å²) < 4.78 is 0. The lowest BCUT2D eigenvalue weighted by Crippen LogP contribution is -2.32. The number of allylic oxidation sites excluding steroid dienone is 6. The molecule has 1 aliphatic heterocycles. The van der Waals surface area contributed by atoms with Crippen LogP contribution >= 0.6 is 0 Å². The molecule has 1 atom stereocenters. The Bertz CT molecular complexity index is 830. The average molecular weight is 540 g/mol. The van der Waals surface area contributed by atoms with E-state index >= 15 is 0 Å². The van der Waals surface area contributed by atoms with Gasteiger partial charge in [0.25, 0.3) is 5.78 Å². The first-order valence-electron chi connectivity index (χ1n) is 12.7. The van der Waals surface area contributed by atoms with E-state index in [2.05, 4.69) is 48.7 Å². The Labute approximate surface area is 223 Å². The summed E-state index contributed by atoms with van der Waals surface area (Å²) in [5.41, 5.74) is 0. The Kier molecular flexibility index (Phi) is 23.9. The van der Waals surface area contributed by atoms with E-state index in [9.17, 15) is 28.8 Å². The van der Waals surface area contributed by atoms with Crippen LogP contribution in [0.1, 0.15) is 90.4 Å². The first kappa shape index (κ1) is 36.4. The number of hydrogen-bond acceptors (Lipinski definition) is 6. The van der Waals surface area contributed by atoms with Gasteiger partial charge in [-0.1, -0.05) is 62.6 Å². The molecule has 0 aromatic carbocycles. The number of unbranched alkanes of at least 4 members (excludes halogenated alkanes) is 5. The smallest absolute Gasteiger partial charge is 0.372 e. The van der Waals surface area contributed by atoms with Gasteiger partial charge in [0, 0.05) is 12.8 Å². The number of amides is 1. The van der Waals surface area contributed by atoms with E-state index in [4.69, 9.17) is 20.4 Å². The molecule has 38 heavy (non-hydrogen) atoms. The van der Waals surface area contributed by atoms with E-state index < -0.39 is 42.1 Å². The van der Waals surface area contributed by atoms with Crippen molar-refractivity contribution in [2.24, 2.45) is 0 Å². The topological polar surface area (TPSA) is 195 Å². The van der Waals surface area contributed by atoms with Crippen LogP contribution < -0.4 is 5.32 Å². The fourth-order valence-corrected chi connectivity index (χ4v) is 2.91. The van der Waals surface area contributed by atoms with Crippen LogP contribution in [0.15, 0.2) is 36.5 Å². The van der Waals surface area contributed by atoms with Gasteiger partial charge in [-0.15, -0.1) is 0 Å². The molecule has 0 aromatic rings. The van der Waals surface area contributed by atoms with Gasteiger partial charge in [0.05, 0.1) is 0 Å². The normalized spacial score (nSPS) is 14.4. The summed E-state index contributed by atoms with van der Waals surface area (Å²) >= 11 is 0. The fraction of sp³-hybridized carbons (Fsp3) is 0.556. The molecule has 1 heterocycles. The number of Topliss-reactive ketones (excluding diaryl/α,β-unsaturated/α-hetero) is 1. The van der Waals surface area contributed by atoms with Crippen molar-refractivity contribution in [1.82, 2.24) is 5.32 Å². The molecule has 214 valence electrons. The molecule has 1 aliphatic rings. The number of nitrogens with one attached hydrogen (secondary N) is 1. The van der Waals surface area contributed by atoms with E-state index in [1.54, 1.807) is 0 Å². The van der Waals surface area contributed by atoms with E-state index in [1.807, 2.05) is 0 Å². The highest BCUT2D eigenvalue weighted by molar-refractivity contribution is 6.35. The van der Waals surface area contributed by atoms with Crippen molar-refractivity contribution < 1.29 is 49.2 Å². The molecular formula is C27H41NO10. The van der Waals surface area contributed by atoms with Crippen molar-refractivity contribution in [2.75, 3.05) is 0 Å². The Morgan fingerprint density at radius 1 is 0.789 bits per heavy atom. The quantitative estimate of drug-likeness (QED) is 0.0776. The third kappa shape index (κ3) is 26.8. The highest BCUT2D eigenvalue weighted by Gasteiger charge is 2.26. The summed E-state index contributed by atoms with van der Waals surface area (Å²) in [5, 5.41) is 34.8. The van der Waals surface area contributed by atoms with Crippen molar-refractivity contribution in [2.45, 2.75) is 96.4 Å². The van der Waals surface area contributed by atoms with Crippen molar-refractivity contribution in [3.05, 3.63) is 36.5 Å². The second kappa shape index (κ2) is 24.9. The third-order valence-corrected chi connectivity index (χ3v) is 4.89. The summed E-state index contributed by atoms with van der Waals surface area (Å²) in [6.07, 6.45) is 23.2. The van der Waals surface area contributed by atoms with E-state index in [1.165, 1.54) is 12.8 Å². The molecule has 0 aliphatic carbocycles. The van der Waals surface area contributed by atoms with Gasteiger partial charge in [0.2, 0.25) is 5.91 Å². The number of ketones is 1. The molecule has 0 unspecified atom stereocenters. The molecule has 11 nitrogen and oxygen atoms in total. The standard InChI is InChI=1S/C18H30O2.C5H7NO3.C4H4O5/c1-2-3-4-5-6-7-8-9-10-11-12-13-14-15-16-17-18(19)20;7-4-2-1-3(6-4)5(8)9;5-2(4(8)9)1-3(6)7/h3-4,6-7,9-10H,2,5,8,11-17H2,1H3,(H,19,20);3H,1-2H2,(H,6,7)(H,8,9);1H2,(H,6,7)(H,8,9)/b4-3-,7-6-,10-9-;;/t;3-;/m.0./s1. The fourth-order valence-electron chi connectivity index (χ4n) is 2.91. The Hall–Kier alpha value is -3.76. The SMILES string of the molecule is CC/C=C\C/C=C\C/C=C\CCCCCCCC(=O)O.O=C(O)CC(=O)C(=O)O.O=C1CC[C@@H](C(=O)O)N1. The molecule has 1 rings (SSSR count). The zero-order valence-electron chi connectivity index (χ0n) is 22.0. The molecule has 1 fully saturated rings. The molecule has 0 spiro atoms. The zero-order chi connectivity index (χ0) is 29.2. The molecule has 1 amide bonds. The van der Waals surface area contributed by atoms with Gasteiger partial charge in [-0.05, 0) is 44.9 Å².